The molecule has 1 heterocycles. The molecule has 0 aliphatic carbocycles. The molecule has 24 heavy (non-hydrogen) atoms. The van der Waals surface area contributed by atoms with Crippen LogP contribution in [-0.4, -0.2) is 49.1 Å². The van der Waals surface area contributed by atoms with Gasteiger partial charge in [0.1, 0.15) is 19.2 Å². The minimum atomic E-state index is -0.711. The van der Waals surface area contributed by atoms with Crippen molar-refractivity contribution in [2.45, 2.75) is 25.5 Å². The molecule has 1 fully saturated rings. The highest BCUT2D eigenvalue weighted by atomic mass is 35.5. The van der Waals surface area contributed by atoms with Crippen LogP contribution in [0.4, 0.5) is 4.79 Å². The Hall–Kier alpha value is -2.28. The first kappa shape index (κ1) is 18.1. The van der Waals surface area contributed by atoms with Crippen LogP contribution in [-0.2, 0) is 25.7 Å². The largest absolute Gasteiger partial charge is 0.467 e. The van der Waals surface area contributed by atoms with E-state index in [0.717, 1.165) is 12.0 Å². The molecule has 2 amide bonds. The van der Waals surface area contributed by atoms with Gasteiger partial charge in [-0.3, -0.25) is 4.79 Å². The average molecular weight is 355 g/mol. The lowest BCUT2D eigenvalue weighted by Gasteiger charge is -2.22. The zero-order chi connectivity index (χ0) is 17.5. The SMILES string of the molecule is COC(=O)C1CCCN1C(=O)CNC(=O)OCc1cccc(Cl)c1. The maximum absolute atomic E-state index is 12.1. The van der Waals surface area contributed by atoms with Gasteiger partial charge < -0.3 is 19.7 Å². The fraction of sp³-hybridized carbons (Fsp3) is 0.438. The van der Waals surface area contributed by atoms with E-state index in [0.29, 0.717) is 18.0 Å². The van der Waals surface area contributed by atoms with Gasteiger partial charge in [-0.25, -0.2) is 9.59 Å². The standard InChI is InChI=1S/C16H19ClN2O5/c1-23-15(21)13-6-3-7-19(13)14(20)9-18-16(22)24-10-11-4-2-5-12(17)8-11/h2,4-5,8,13H,3,6-7,9-10H2,1H3,(H,18,22). The number of esters is 1. The van der Waals surface area contributed by atoms with Crippen LogP contribution in [0.25, 0.3) is 0 Å². The van der Waals surface area contributed by atoms with E-state index >= 15 is 0 Å². The first-order valence-corrected chi connectivity index (χ1v) is 7.91. The summed E-state index contributed by atoms with van der Waals surface area (Å²) in [6.07, 6.45) is 0.583. The molecule has 2 rings (SSSR count). The van der Waals surface area contributed by atoms with E-state index in [2.05, 4.69) is 10.1 Å². The molecule has 0 spiro atoms. The van der Waals surface area contributed by atoms with Crippen molar-refractivity contribution in [1.29, 1.82) is 0 Å². The Morgan fingerprint density at radius 2 is 2.17 bits per heavy atom. The van der Waals surface area contributed by atoms with Crippen molar-refractivity contribution in [1.82, 2.24) is 10.2 Å². The normalized spacial score (nSPS) is 16.6. The summed E-state index contributed by atoms with van der Waals surface area (Å²) in [6, 6.07) is 6.35. The number of amides is 2. The van der Waals surface area contributed by atoms with Crippen LogP contribution in [0.3, 0.4) is 0 Å². The predicted octanol–water partition coefficient (Wildman–Crippen LogP) is 1.73. The Morgan fingerprint density at radius 3 is 2.88 bits per heavy atom. The van der Waals surface area contributed by atoms with Gasteiger partial charge in [-0.2, -0.15) is 0 Å². The molecular formula is C16H19ClN2O5. The number of hydrogen-bond acceptors (Lipinski definition) is 5. The molecule has 1 aliphatic rings. The minimum Gasteiger partial charge on any atom is -0.467 e. The summed E-state index contributed by atoms with van der Waals surface area (Å²) in [5, 5.41) is 2.93. The Morgan fingerprint density at radius 1 is 1.38 bits per heavy atom. The van der Waals surface area contributed by atoms with E-state index in [1.807, 2.05) is 0 Å². The van der Waals surface area contributed by atoms with E-state index in [1.165, 1.54) is 12.0 Å². The Bertz CT molecular complexity index is 622. The van der Waals surface area contributed by atoms with Gasteiger partial charge in [0.05, 0.1) is 7.11 Å². The van der Waals surface area contributed by atoms with E-state index in [9.17, 15) is 14.4 Å². The number of hydrogen-bond donors (Lipinski definition) is 1. The van der Waals surface area contributed by atoms with E-state index in [1.54, 1.807) is 24.3 Å². The van der Waals surface area contributed by atoms with Crippen molar-refractivity contribution in [3.05, 3.63) is 34.9 Å². The van der Waals surface area contributed by atoms with E-state index in [-0.39, 0.29) is 19.1 Å². The number of ether oxygens (including phenoxy) is 2. The molecule has 0 aromatic heterocycles. The highest BCUT2D eigenvalue weighted by Crippen LogP contribution is 2.18. The highest BCUT2D eigenvalue weighted by Gasteiger charge is 2.34. The molecule has 1 atom stereocenters. The fourth-order valence-corrected chi connectivity index (χ4v) is 2.74. The number of rotatable bonds is 5. The van der Waals surface area contributed by atoms with Gasteiger partial charge in [-0.15, -0.1) is 0 Å². The lowest BCUT2D eigenvalue weighted by molar-refractivity contribution is -0.150. The van der Waals surface area contributed by atoms with Gasteiger partial charge in [-0.05, 0) is 30.5 Å². The summed E-state index contributed by atoms with van der Waals surface area (Å²) in [5.41, 5.74) is 0.745. The molecule has 0 bridgehead atoms. The topological polar surface area (TPSA) is 84.9 Å². The van der Waals surface area contributed by atoms with Gasteiger partial charge in [0.15, 0.2) is 0 Å². The van der Waals surface area contributed by atoms with Gasteiger partial charge in [0.2, 0.25) is 5.91 Å². The Balaban J connectivity index is 1.76. The number of likely N-dealkylation sites (tertiary alicyclic amines) is 1. The van der Waals surface area contributed by atoms with E-state index in [4.69, 9.17) is 16.3 Å². The van der Waals surface area contributed by atoms with Crippen LogP contribution < -0.4 is 5.32 Å². The van der Waals surface area contributed by atoms with Crippen LogP contribution >= 0.6 is 11.6 Å². The summed E-state index contributed by atoms with van der Waals surface area (Å²) in [6.45, 7) is 0.287. The number of nitrogens with one attached hydrogen (secondary N) is 1. The first-order chi connectivity index (χ1) is 11.5. The third-order valence-corrected chi connectivity index (χ3v) is 3.92. The lowest BCUT2D eigenvalue weighted by Crippen LogP contribution is -2.45. The zero-order valence-corrected chi connectivity index (χ0v) is 14.0. The van der Waals surface area contributed by atoms with Crippen LogP contribution in [0.1, 0.15) is 18.4 Å². The molecule has 1 aliphatic heterocycles. The third kappa shape index (κ3) is 4.86. The summed E-state index contributed by atoms with van der Waals surface area (Å²) < 4.78 is 9.70. The van der Waals surface area contributed by atoms with Crippen LogP contribution in [0.2, 0.25) is 5.02 Å². The molecule has 1 aromatic carbocycles. The lowest BCUT2D eigenvalue weighted by atomic mass is 10.2. The highest BCUT2D eigenvalue weighted by molar-refractivity contribution is 6.30. The zero-order valence-electron chi connectivity index (χ0n) is 13.3. The van der Waals surface area contributed by atoms with E-state index < -0.39 is 18.1 Å². The maximum Gasteiger partial charge on any atom is 0.407 e. The number of alkyl carbamates (subject to hydrolysis) is 1. The van der Waals surface area contributed by atoms with Crippen molar-refractivity contribution in [2.24, 2.45) is 0 Å². The molecule has 1 N–H and O–H groups in total. The molecule has 0 saturated carbocycles. The quantitative estimate of drug-likeness (QED) is 0.814. The molecule has 8 heteroatoms. The van der Waals surface area contributed by atoms with Crippen LogP contribution in [0, 0.1) is 0 Å². The molecule has 1 aromatic rings. The molecule has 1 saturated heterocycles. The molecular weight excluding hydrogens is 336 g/mol. The van der Waals surface area contributed by atoms with Crippen LogP contribution in [0.5, 0.6) is 0 Å². The summed E-state index contributed by atoms with van der Waals surface area (Å²) in [5.74, 6) is -0.785. The minimum absolute atomic E-state index is 0.0507. The predicted molar refractivity (Wildman–Crippen MR) is 86.4 cm³/mol. The smallest absolute Gasteiger partial charge is 0.407 e. The second-order valence-electron chi connectivity index (χ2n) is 5.33. The maximum atomic E-state index is 12.1. The average Bonchev–Trinajstić information content (AvgIpc) is 3.07. The monoisotopic (exact) mass is 354 g/mol. The summed E-state index contributed by atoms with van der Waals surface area (Å²) in [4.78, 5) is 36.8. The molecule has 130 valence electrons. The van der Waals surface area contributed by atoms with Gasteiger partial charge in [0, 0.05) is 11.6 Å². The third-order valence-electron chi connectivity index (χ3n) is 3.69. The number of carbonyl (C=O) groups is 3. The molecule has 7 nitrogen and oxygen atoms in total. The second kappa shape index (κ2) is 8.54. The Labute approximate surface area is 144 Å². The molecule has 1 unspecified atom stereocenters. The van der Waals surface area contributed by atoms with Crippen LogP contribution in [0.15, 0.2) is 24.3 Å². The van der Waals surface area contributed by atoms with Gasteiger partial charge in [0.25, 0.3) is 0 Å². The van der Waals surface area contributed by atoms with Gasteiger partial charge in [-0.1, -0.05) is 23.7 Å². The van der Waals surface area contributed by atoms with Crippen molar-refractivity contribution in [3.8, 4) is 0 Å². The number of nitrogens with zero attached hydrogens (tertiary/aromatic N) is 1. The molecule has 0 radical (unpaired) electrons. The Kier molecular flexibility index (Phi) is 6.43. The number of carbonyl (C=O) groups excluding carboxylic acids is 3. The van der Waals surface area contributed by atoms with Crippen molar-refractivity contribution in [3.63, 3.8) is 0 Å². The first-order valence-electron chi connectivity index (χ1n) is 7.53. The van der Waals surface area contributed by atoms with Crippen molar-refractivity contribution < 1.29 is 23.9 Å². The fourth-order valence-electron chi connectivity index (χ4n) is 2.52. The van der Waals surface area contributed by atoms with Gasteiger partial charge >= 0.3 is 12.1 Å². The number of methoxy groups -OCH3 is 1. The number of benzene rings is 1. The number of halogens is 1. The van der Waals surface area contributed by atoms with Crippen molar-refractivity contribution in [2.75, 3.05) is 20.2 Å². The summed E-state index contributed by atoms with van der Waals surface area (Å²) in [7, 11) is 1.29. The van der Waals surface area contributed by atoms with Crippen molar-refractivity contribution >= 4 is 29.6 Å². The second-order valence-corrected chi connectivity index (χ2v) is 5.76. The summed E-state index contributed by atoms with van der Waals surface area (Å²) >= 11 is 5.84.